The first-order valence-electron chi connectivity index (χ1n) is 4.83. The topological polar surface area (TPSA) is 59.2 Å². The fourth-order valence-corrected chi connectivity index (χ4v) is 1.72. The Bertz CT molecular complexity index is 569. The highest BCUT2D eigenvalue weighted by Crippen LogP contribution is 2.22. The van der Waals surface area contributed by atoms with E-state index in [9.17, 15) is 9.59 Å². The molecule has 0 aliphatic carbocycles. The van der Waals surface area contributed by atoms with Crippen molar-refractivity contribution in [2.45, 2.75) is 6.92 Å². The highest BCUT2D eigenvalue weighted by Gasteiger charge is 2.17. The van der Waals surface area contributed by atoms with Crippen molar-refractivity contribution in [2.24, 2.45) is 0 Å². The minimum Gasteiger partial charge on any atom is -0.464 e. The molecule has 4 heteroatoms. The second-order valence-electron chi connectivity index (χ2n) is 3.57. The molecule has 0 amide bonds. The summed E-state index contributed by atoms with van der Waals surface area (Å²) in [5, 5.41) is 0.737. The molecule has 1 aromatic heterocycles. The van der Waals surface area contributed by atoms with Crippen LogP contribution in [0.5, 0.6) is 0 Å². The normalized spacial score (nSPS) is 10.4. The zero-order valence-corrected chi connectivity index (χ0v) is 9.03. The van der Waals surface area contributed by atoms with Crippen LogP contribution >= 0.6 is 0 Å². The third-order valence-electron chi connectivity index (χ3n) is 2.50. The van der Waals surface area contributed by atoms with Gasteiger partial charge in [-0.3, -0.25) is 4.79 Å². The standard InChI is InChI=1S/C12H11NO3/c1-7-3-4-8-9(6-14)11(12(15)16-2)13-10(8)5-7/h3-6,13H,1-2H3. The minimum atomic E-state index is -0.532. The van der Waals surface area contributed by atoms with Crippen molar-refractivity contribution >= 4 is 23.2 Å². The molecule has 1 aromatic carbocycles. The summed E-state index contributed by atoms with van der Waals surface area (Å²) in [5.74, 6) is -0.532. The highest BCUT2D eigenvalue weighted by atomic mass is 16.5. The number of carbonyl (C=O) groups is 2. The maximum atomic E-state index is 11.4. The Kier molecular flexibility index (Phi) is 2.48. The second kappa shape index (κ2) is 3.81. The van der Waals surface area contributed by atoms with Gasteiger partial charge in [0, 0.05) is 10.9 Å². The third kappa shape index (κ3) is 1.48. The van der Waals surface area contributed by atoms with Gasteiger partial charge in [0.05, 0.1) is 12.7 Å². The zero-order chi connectivity index (χ0) is 11.7. The average molecular weight is 217 g/mol. The number of aromatic amines is 1. The molecule has 1 heterocycles. The molecule has 0 bridgehead atoms. The monoisotopic (exact) mass is 217 g/mol. The van der Waals surface area contributed by atoms with Gasteiger partial charge in [-0.2, -0.15) is 0 Å². The largest absolute Gasteiger partial charge is 0.464 e. The molecule has 2 rings (SSSR count). The summed E-state index contributed by atoms with van der Waals surface area (Å²) in [5.41, 5.74) is 2.38. The molecule has 0 saturated carbocycles. The fraction of sp³-hybridized carbons (Fsp3) is 0.167. The van der Waals surface area contributed by atoms with Gasteiger partial charge < -0.3 is 9.72 Å². The first kappa shape index (κ1) is 10.4. The van der Waals surface area contributed by atoms with E-state index >= 15 is 0 Å². The summed E-state index contributed by atoms with van der Waals surface area (Å²) in [7, 11) is 1.29. The number of aryl methyl sites for hydroxylation is 1. The van der Waals surface area contributed by atoms with Crippen LogP contribution in [0.3, 0.4) is 0 Å². The predicted molar refractivity (Wildman–Crippen MR) is 59.8 cm³/mol. The summed E-state index contributed by atoms with van der Waals surface area (Å²) >= 11 is 0. The van der Waals surface area contributed by atoms with Crippen LogP contribution in [-0.2, 0) is 4.74 Å². The van der Waals surface area contributed by atoms with Gasteiger partial charge in [0.1, 0.15) is 5.69 Å². The number of rotatable bonds is 2. The van der Waals surface area contributed by atoms with E-state index in [1.54, 1.807) is 0 Å². The Morgan fingerprint density at radius 2 is 2.19 bits per heavy atom. The van der Waals surface area contributed by atoms with Gasteiger partial charge in [0.25, 0.3) is 0 Å². The SMILES string of the molecule is COC(=O)c1[nH]c2cc(C)ccc2c1C=O. The van der Waals surface area contributed by atoms with Gasteiger partial charge in [0.2, 0.25) is 0 Å². The van der Waals surface area contributed by atoms with Gasteiger partial charge >= 0.3 is 5.97 Å². The van der Waals surface area contributed by atoms with E-state index in [1.165, 1.54) is 7.11 Å². The molecule has 0 aliphatic rings. The maximum Gasteiger partial charge on any atom is 0.355 e. The molecule has 0 spiro atoms. The number of aldehydes is 1. The Morgan fingerprint density at radius 3 is 2.81 bits per heavy atom. The number of hydrogen-bond donors (Lipinski definition) is 1. The van der Waals surface area contributed by atoms with Gasteiger partial charge in [-0.05, 0) is 18.6 Å². The van der Waals surface area contributed by atoms with Crippen molar-refractivity contribution in [3.05, 3.63) is 35.0 Å². The Balaban J connectivity index is 2.75. The molecule has 1 N–H and O–H groups in total. The minimum absolute atomic E-state index is 0.207. The molecule has 0 fully saturated rings. The number of fused-ring (bicyclic) bond motifs is 1. The van der Waals surface area contributed by atoms with E-state index in [1.807, 2.05) is 25.1 Å². The number of nitrogens with one attached hydrogen (secondary N) is 1. The van der Waals surface area contributed by atoms with Crippen LogP contribution in [0.4, 0.5) is 0 Å². The van der Waals surface area contributed by atoms with E-state index in [0.717, 1.165) is 16.5 Å². The van der Waals surface area contributed by atoms with Gasteiger partial charge in [-0.1, -0.05) is 12.1 Å². The smallest absolute Gasteiger partial charge is 0.355 e. The molecular weight excluding hydrogens is 206 g/mol. The number of carbonyl (C=O) groups excluding carboxylic acids is 2. The van der Waals surface area contributed by atoms with Crippen LogP contribution in [0, 0.1) is 6.92 Å². The maximum absolute atomic E-state index is 11.4. The van der Waals surface area contributed by atoms with Crippen molar-refractivity contribution in [3.63, 3.8) is 0 Å². The van der Waals surface area contributed by atoms with Crippen molar-refractivity contribution in [1.82, 2.24) is 4.98 Å². The summed E-state index contributed by atoms with van der Waals surface area (Å²) in [6.45, 7) is 1.94. The van der Waals surface area contributed by atoms with Crippen molar-refractivity contribution in [3.8, 4) is 0 Å². The lowest BCUT2D eigenvalue weighted by Gasteiger charge is -1.95. The van der Waals surface area contributed by atoms with Gasteiger partial charge in [-0.25, -0.2) is 4.79 Å². The van der Waals surface area contributed by atoms with Crippen molar-refractivity contribution in [2.75, 3.05) is 7.11 Å². The Labute approximate surface area is 92.2 Å². The van der Waals surface area contributed by atoms with Crippen LogP contribution < -0.4 is 0 Å². The number of methoxy groups -OCH3 is 1. The first-order chi connectivity index (χ1) is 7.67. The second-order valence-corrected chi connectivity index (χ2v) is 3.57. The number of esters is 1. The average Bonchev–Trinajstić information content (AvgIpc) is 2.65. The molecule has 0 saturated heterocycles. The molecule has 0 radical (unpaired) electrons. The lowest BCUT2D eigenvalue weighted by Crippen LogP contribution is -2.04. The number of hydrogen-bond acceptors (Lipinski definition) is 3. The molecule has 82 valence electrons. The van der Waals surface area contributed by atoms with E-state index in [-0.39, 0.29) is 5.69 Å². The summed E-state index contributed by atoms with van der Waals surface area (Å²) in [6, 6.07) is 5.59. The predicted octanol–water partition coefficient (Wildman–Crippen LogP) is 2.08. The van der Waals surface area contributed by atoms with Crippen molar-refractivity contribution in [1.29, 1.82) is 0 Å². The molecular formula is C12H11NO3. The van der Waals surface area contributed by atoms with E-state index in [2.05, 4.69) is 9.72 Å². The van der Waals surface area contributed by atoms with Crippen LogP contribution in [-0.4, -0.2) is 24.3 Å². The number of benzene rings is 1. The Hall–Kier alpha value is -2.10. The zero-order valence-electron chi connectivity index (χ0n) is 9.03. The highest BCUT2D eigenvalue weighted by molar-refractivity contribution is 6.08. The number of H-pyrrole nitrogens is 1. The Morgan fingerprint density at radius 1 is 1.44 bits per heavy atom. The van der Waals surface area contributed by atoms with E-state index < -0.39 is 5.97 Å². The van der Waals surface area contributed by atoms with Crippen LogP contribution in [0.1, 0.15) is 26.4 Å². The third-order valence-corrected chi connectivity index (χ3v) is 2.50. The molecule has 0 aliphatic heterocycles. The van der Waals surface area contributed by atoms with E-state index in [0.29, 0.717) is 11.8 Å². The molecule has 2 aromatic rings. The fourth-order valence-electron chi connectivity index (χ4n) is 1.72. The van der Waals surface area contributed by atoms with Gasteiger partial charge in [0.15, 0.2) is 6.29 Å². The lowest BCUT2D eigenvalue weighted by molar-refractivity contribution is 0.0593. The van der Waals surface area contributed by atoms with E-state index in [4.69, 9.17) is 0 Å². The molecule has 0 atom stereocenters. The summed E-state index contributed by atoms with van der Waals surface area (Å²) in [4.78, 5) is 25.3. The number of aromatic nitrogens is 1. The quantitative estimate of drug-likeness (QED) is 0.618. The number of ether oxygens (including phenoxy) is 1. The van der Waals surface area contributed by atoms with Gasteiger partial charge in [-0.15, -0.1) is 0 Å². The molecule has 4 nitrogen and oxygen atoms in total. The van der Waals surface area contributed by atoms with Crippen LogP contribution in [0.2, 0.25) is 0 Å². The summed E-state index contributed by atoms with van der Waals surface area (Å²) < 4.78 is 4.61. The van der Waals surface area contributed by atoms with Crippen molar-refractivity contribution < 1.29 is 14.3 Å². The molecule has 16 heavy (non-hydrogen) atoms. The molecule has 0 unspecified atom stereocenters. The van der Waals surface area contributed by atoms with Crippen LogP contribution in [0.15, 0.2) is 18.2 Å². The van der Waals surface area contributed by atoms with Crippen LogP contribution in [0.25, 0.3) is 10.9 Å². The first-order valence-corrected chi connectivity index (χ1v) is 4.83. The summed E-state index contributed by atoms with van der Waals surface area (Å²) in [6.07, 6.45) is 0.667. The lowest BCUT2D eigenvalue weighted by atomic mass is 10.1.